The predicted octanol–water partition coefficient (Wildman–Crippen LogP) is 2.25. The first-order valence-electron chi connectivity index (χ1n) is 4.27. The summed E-state index contributed by atoms with van der Waals surface area (Å²) in [4.78, 5) is 10.8. The zero-order valence-electron chi connectivity index (χ0n) is 8.45. The van der Waals surface area contributed by atoms with E-state index < -0.39 is 0 Å². The van der Waals surface area contributed by atoms with Gasteiger partial charge in [0.25, 0.3) is 0 Å². The number of ether oxygens (including phenoxy) is 1. The van der Waals surface area contributed by atoms with E-state index in [1.807, 2.05) is 6.07 Å². The van der Waals surface area contributed by atoms with E-state index in [2.05, 4.69) is 10.5 Å². The Hall–Kier alpha value is -1.55. The topological polar surface area (TPSA) is 50.7 Å². The van der Waals surface area contributed by atoms with Gasteiger partial charge in [0.1, 0.15) is 5.75 Å². The average molecular weight is 227 g/mol. The molecule has 0 aliphatic heterocycles. The van der Waals surface area contributed by atoms with Crippen LogP contribution in [0.15, 0.2) is 29.4 Å². The second-order valence-electron chi connectivity index (χ2n) is 2.80. The fourth-order valence-electron chi connectivity index (χ4n) is 0.885. The van der Waals surface area contributed by atoms with Crippen molar-refractivity contribution in [2.75, 3.05) is 12.5 Å². The Morgan fingerprint density at radius 2 is 2.27 bits per heavy atom. The molecule has 0 heterocycles. The monoisotopic (exact) mass is 226 g/mol. The van der Waals surface area contributed by atoms with Crippen molar-refractivity contribution in [2.45, 2.75) is 6.92 Å². The molecule has 80 valence electrons. The second-order valence-corrected chi connectivity index (χ2v) is 3.16. The minimum Gasteiger partial charge on any atom is -0.497 e. The number of Topliss-reactive ketones (excluding diaryl/α,β-unsaturated/α-hetero) is 1. The van der Waals surface area contributed by atoms with Crippen molar-refractivity contribution in [3.05, 3.63) is 24.3 Å². The number of nitrogens with one attached hydrogen (secondary N) is 1. The van der Waals surface area contributed by atoms with Crippen LogP contribution in [0.4, 0.5) is 5.69 Å². The highest BCUT2D eigenvalue weighted by Gasteiger charge is 2.00. The quantitative estimate of drug-likeness (QED) is 0.633. The summed E-state index contributed by atoms with van der Waals surface area (Å²) in [6, 6.07) is 7.14. The van der Waals surface area contributed by atoms with Crippen molar-refractivity contribution in [1.29, 1.82) is 0 Å². The maximum atomic E-state index is 10.8. The molecule has 1 aromatic carbocycles. The molecule has 0 unspecified atom stereocenters. The van der Waals surface area contributed by atoms with Gasteiger partial charge in [0.2, 0.25) is 0 Å². The molecule has 4 nitrogen and oxygen atoms in total. The van der Waals surface area contributed by atoms with Crippen LogP contribution in [0.3, 0.4) is 0 Å². The Morgan fingerprint density at radius 1 is 1.53 bits per heavy atom. The van der Waals surface area contributed by atoms with Crippen LogP contribution in [0.25, 0.3) is 0 Å². The Bertz CT molecular complexity index is 391. The summed E-state index contributed by atoms with van der Waals surface area (Å²) >= 11 is 5.55. The number of benzene rings is 1. The summed E-state index contributed by atoms with van der Waals surface area (Å²) in [5.41, 5.74) is 3.36. The molecule has 0 aromatic heterocycles. The first-order chi connectivity index (χ1) is 7.13. The molecular formula is C10H11ClN2O2. The van der Waals surface area contributed by atoms with Gasteiger partial charge in [-0.05, 0) is 12.1 Å². The van der Waals surface area contributed by atoms with Gasteiger partial charge in [0.15, 0.2) is 11.0 Å². The number of nitrogens with zero attached hydrogens (tertiary/aromatic N) is 1. The summed E-state index contributed by atoms with van der Waals surface area (Å²) in [5, 5.41) is 3.61. The number of halogens is 1. The van der Waals surface area contributed by atoms with Crippen LogP contribution < -0.4 is 10.2 Å². The predicted molar refractivity (Wildman–Crippen MR) is 60.6 cm³/mol. The molecule has 0 fully saturated rings. The summed E-state index contributed by atoms with van der Waals surface area (Å²) in [6.07, 6.45) is 0. The standard InChI is InChI=1S/C10H11ClN2O2/c1-7(14)10(11)13-12-8-4-3-5-9(6-8)15-2/h3-6,12H,1-2H3. The molecule has 1 rings (SSSR count). The fraction of sp³-hybridized carbons (Fsp3) is 0.200. The van der Waals surface area contributed by atoms with Crippen LogP contribution in [0.2, 0.25) is 0 Å². The first-order valence-corrected chi connectivity index (χ1v) is 4.65. The van der Waals surface area contributed by atoms with E-state index in [4.69, 9.17) is 16.3 Å². The Labute approximate surface area is 92.9 Å². The van der Waals surface area contributed by atoms with Crippen molar-refractivity contribution in [1.82, 2.24) is 0 Å². The maximum absolute atomic E-state index is 10.8. The Balaban J connectivity index is 2.73. The normalized spacial score (nSPS) is 11.0. The number of methoxy groups -OCH3 is 1. The van der Waals surface area contributed by atoms with Crippen LogP contribution in [-0.2, 0) is 4.79 Å². The lowest BCUT2D eigenvalue weighted by Crippen LogP contribution is -2.04. The molecule has 0 atom stereocenters. The van der Waals surface area contributed by atoms with Crippen molar-refractivity contribution in [2.24, 2.45) is 5.10 Å². The highest BCUT2D eigenvalue weighted by Crippen LogP contribution is 2.16. The zero-order chi connectivity index (χ0) is 11.3. The minimum atomic E-state index is -0.285. The van der Waals surface area contributed by atoms with Gasteiger partial charge in [0.05, 0.1) is 12.8 Å². The number of carbonyl (C=O) groups excluding carboxylic acids is 1. The third-order valence-corrected chi connectivity index (χ3v) is 1.99. The van der Waals surface area contributed by atoms with E-state index in [9.17, 15) is 4.79 Å². The molecule has 0 saturated heterocycles. The molecule has 1 aromatic rings. The van der Waals surface area contributed by atoms with Gasteiger partial charge >= 0.3 is 0 Å². The van der Waals surface area contributed by atoms with Crippen molar-refractivity contribution in [3.63, 3.8) is 0 Å². The van der Waals surface area contributed by atoms with Gasteiger partial charge in [-0.2, -0.15) is 5.10 Å². The minimum absolute atomic E-state index is 0.0854. The molecular weight excluding hydrogens is 216 g/mol. The summed E-state index contributed by atoms with van der Waals surface area (Å²) in [6.45, 7) is 1.35. The molecule has 0 aliphatic rings. The Morgan fingerprint density at radius 3 is 2.87 bits per heavy atom. The molecule has 5 heteroatoms. The molecule has 0 amide bonds. The number of ketones is 1. The first kappa shape index (κ1) is 11.5. The SMILES string of the molecule is COc1cccc(NN=C(Cl)C(C)=O)c1. The van der Waals surface area contributed by atoms with E-state index in [0.29, 0.717) is 11.4 Å². The van der Waals surface area contributed by atoms with Crippen LogP contribution >= 0.6 is 11.6 Å². The lowest BCUT2D eigenvalue weighted by atomic mass is 10.3. The van der Waals surface area contributed by atoms with Gasteiger partial charge in [-0.25, -0.2) is 0 Å². The highest BCUT2D eigenvalue weighted by atomic mass is 35.5. The Kier molecular flexibility index (Phi) is 4.12. The number of hydrogen-bond acceptors (Lipinski definition) is 4. The third kappa shape index (κ3) is 3.59. The van der Waals surface area contributed by atoms with E-state index in [1.54, 1.807) is 25.3 Å². The number of hydrogen-bond donors (Lipinski definition) is 1. The maximum Gasteiger partial charge on any atom is 0.191 e. The third-order valence-electron chi connectivity index (χ3n) is 1.64. The second kappa shape index (κ2) is 5.36. The van der Waals surface area contributed by atoms with Crippen molar-refractivity contribution in [3.8, 4) is 5.75 Å². The average Bonchev–Trinajstić information content (AvgIpc) is 2.26. The molecule has 0 aliphatic carbocycles. The van der Waals surface area contributed by atoms with Gasteiger partial charge in [-0.1, -0.05) is 17.7 Å². The van der Waals surface area contributed by atoms with Crippen LogP contribution in [-0.4, -0.2) is 18.1 Å². The van der Waals surface area contributed by atoms with Gasteiger partial charge in [-0.15, -0.1) is 0 Å². The smallest absolute Gasteiger partial charge is 0.191 e. The van der Waals surface area contributed by atoms with E-state index in [-0.39, 0.29) is 11.0 Å². The summed E-state index contributed by atoms with van der Waals surface area (Å²) in [7, 11) is 1.57. The van der Waals surface area contributed by atoms with Crippen LogP contribution in [0, 0.1) is 0 Å². The summed E-state index contributed by atoms with van der Waals surface area (Å²) in [5.74, 6) is 0.418. The van der Waals surface area contributed by atoms with E-state index in [1.165, 1.54) is 6.92 Å². The van der Waals surface area contributed by atoms with Gasteiger partial charge < -0.3 is 4.74 Å². The summed E-state index contributed by atoms with van der Waals surface area (Å²) < 4.78 is 5.02. The highest BCUT2D eigenvalue weighted by molar-refractivity contribution is 6.82. The van der Waals surface area contributed by atoms with E-state index in [0.717, 1.165) is 0 Å². The molecule has 0 radical (unpaired) electrons. The van der Waals surface area contributed by atoms with E-state index >= 15 is 0 Å². The number of rotatable bonds is 4. The van der Waals surface area contributed by atoms with Gasteiger partial charge in [0, 0.05) is 13.0 Å². The molecule has 1 N–H and O–H groups in total. The lowest BCUT2D eigenvalue weighted by Gasteiger charge is -2.03. The van der Waals surface area contributed by atoms with Crippen LogP contribution in [0.1, 0.15) is 6.92 Å². The molecule has 15 heavy (non-hydrogen) atoms. The molecule has 0 bridgehead atoms. The largest absolute Gasteiger partial charge is 0.497 e. The molecule has 0 spiro atoms. The van der Waals surface area contributed by atoms with Crippen molar-refractivity contribution < 1.29 is 9.53 Å². The van der Waals surface area contributed by atoms with Crippen molar-refractivity contribution >= 4 is 28.2 Å². The zero-order valence-corrected chi connectivity index (χ0v) is 9.21. The molecule has 0 saturated carbocycles. The van der Waals surface area contributed by atoms with Crippen LogP contribution in [0.5, 0.6) is 5.75 Å². The van der Waals surface area contributed by atoms with Gasteiger partial charge in [-0.3, -0.25) is 10.2 Å². The number of carbonyl (C=O) groups is 1. The number of anilines is 1. The fourth-order valence-corrected chi connectivity index (χ4v) is 0.927. The lowest BCUT2D eigenvalue weighted by molar-refractivity contribution is -0.110. The number of hydrazone groups is 1.